The molecule has 0 radical (unpaired) electrons. The molecule has 0 aliphatic carbocycles. The average molecular weight is 656 g/mol. The molecule has 3 heterocycles. The lowest BCUT2D eigenvalue weighted by atomic mass is 10.1. The zero-order valence-corrected chi connectivity index (χ0v) is 26.8. The molecule has 1 fully saturated rings. The number of alkyl carbamates (subject to hydrolysis) is 1. The number of hydrogen-bond donors (Lipinski definition) is 1. The molecule has 16 heteroatoms. The summed E-state index contributed by atoms with van der Waals surface area (Å²) >= 11 is 0. The minimum Gasteiger partial charge on any atom is -0.463 e. The molecule has 0 unspecified atom stereocenters. The van der Waals surface area contributed by atoms with Crippen molar-refractivity contribution in [2.45, 2.75) is 90.8 Å². The number of carbonyl (C=O) groups is 5. The molecule has 252 valence electrons. The molecule has 1 aliphatic rings. The van der Waals surface area contributed by atoms with Crippen LogP contribution in [0.15, 0.2) is 43.0 Å². The number of amides is 1. The van der Waals surface area contributed by atoms with Crippen LogP contribution in [0, 0.1) is 0 Å². The largest absolute Gasteiger partial charge is 0.463 e. The van der Waals surface area contributed by atoms with Crippen LogP contribution >= 0.6 is 0 Å². The fourth-order valence-electron chi connectivity index (χ4n) is 4.82. The fourth-order valence-corrected chi connectivity index (χ4v) is 4.82. The van der Waals surface area contributed by atoms with E-state index >= 15 is 0 Å². The first kappa shape index (κ1) is 34.7. The molecule has 1 aliphatic heterocycles. The van der Waals surface area contributed by atoms with Crippen LogP contribution in [0.4, 0.5) is 4.79 Å². The molecule has 0 spiro atoms. The van der Waals surface area contributed by atoms with Gasteiger partial charge in [0.25, 0.3) is 0 Å². The summed E-state index contributed by atoms with van der Waals surface area (Å²) in [4.78, 5) is 74.7. The highest BCUT2D eigenvalue weighted by Crippen LogP contribution is 2.36. The summed E-state index contributed by atoms with van der Waals surface area (Å²) in [7, 11) is 0. The number of ether oxygens (including phenoxy) is 6. The van der Waals surface area contributed by atoms with E-state index in [9.17, 15) is 24.0 Å². The lowest BCUT2D eigenvalue weighted by Gasteiger charge is -2.24. The van der Waals surface area contributed by atoms with Crippen LogP contribution in [0.5, 0.6) is 0 Å². The minimum absolute atomic E-state index is 0.0332. The van der Waals surface area contributed by atoms with Gasteiger partial charge in [-0.25, -0.2) is 24.5 Å². The number of hydrogen-bond acceptors (Lipinski definition) is 14. The van der Waals surface area contributed by atoms with E-state index in [-0.39, 0.29) is 36.5 Å². The first-order valence-electron chi connectivity index (χ1n) is 14.7. The summed E-state index contributed by atoms with van der Waals surface area (Å²) in [5.74, 6) is -2.69. The summed E-state index contributed by atoms with van der Waals surface area (Å²) in [6, 6.07) is 7.80. The Hall–Kier alpha value is -5.12. The van der Waals surface area contributed by atoms with Gasteiger partial charge in [0.1, 0.15) is 42.8 Å². The molecule has 16 nitrogen and oxygen atoms in total. The van der Waals surface area contributed by atoms with Crippen molar-refractivity contribution in [3.63, 3.8) is 0 Å². The summed E-state index contributed by atoms with van der Waals surface area (Å²) in [5, 5.41) is 2.56. The van der Waals surface area contributed by atoms with Gasteiger partial charge < -0.3 is 33.7 Å². The number of carbonyl (C=O) groups excluding carboxylic acids is 5. The highest BCUT2D eigenvalue weighted by Gasteiger charge is 2.51. The second-order valence-electron chi connectivity index (χ2n) is 11.7. The number of imidazole rings is 1. The Balaban J connectivity index is 1.65. The van der Waals surface area contributed by atoms with Crippen molar-refractivity contribution in [1.82, 2.24) is 24.8 Å². The van der Waals surface area contributed by atoms with Crippen LogP contribution in [0.1, 0.15) is 59.0 Å². The molecule has 1 saturated heterocycles. The Labute approximate surface area is 270 Å². The predicted molar refractivity (Wildman–Crippen MR) is 160 cm³/mol. The maximum Gasteiger partial charge on any atom is 0.408 e. The number of aromatic nitrogens is 4. The maximum atomic E-state index is 13.3. The second-order valence-corrected chi connectivity index (χ2v) is 11.7. The van der Waals surface area contributed by atoms with Crippen LogP contribution in [0.3, 0.4) is 0 Å². The van der Waals surface area contributed by atoms with Crippen molar-refractivity contribution in [2.24, 2.45) is 0 Å². The summed E-state index contributed by atoms with van der Waals surface area (Å²) < 4.78 is 34.5. The average Bonchev–Trinajstić information content (AvgIpc) is 3.55. The van der Waals surface area contributed by atoms with Gasteiger partial charge in [0.2, 0.25) is 0 Å². The van der Waals surface area contributed by atoms with E-state index in [2.05, 4.69) is 20.3 Å². The second kappa shape index (κ2) is 15.0. The van der Waals surface area contributed by atoms with Gasteiger partial charge in [-0.3, -0.25) is 19.0 Å². The lowest BCUT2D eigenvalue weighted by Crippen LogP contribution is -2.45. The van der Waals surface area contributed by atoms with E-state index in [4.69, 9.17) is 28.4 Å². The molecule has 47 heavy (non-hydrogen) atoms. The molecule has 1 aromatic carbocycles. The smallest absolute Gasteiger partial charge is 0.408 e. The maximum absolute atomic E-state index is 13.3. The van der Waals surface area contributed by atoms with Crippen LogP contribution in [0.25, 0.3) is 11.2 Å². The number of rotatable bonds is 11. The molecular weight excluding hydrogens is 618 g/mol. The van der Waals surface area contributed by atoms with E-state index in [0.29, 0.717) is 0 Å². The van der Waals surface area contributed by atoms with Crippen molar-refractivity contribution in [2.75, 3.05) is 6.61 Å². The van der Waals surface area contributed by atoms with Crippen LogP contribution < -0.4 is 5.32 Å². The lowest BCUT2D eigenvalue weighted by molar-refractivity contribution is -0.166. The molecule has 4 rings (SSSR count). The first-order valence-corrected chi connectivity index (χ1v) is 14.7. The van der Waals surface area contributed by atoms with Crippen molar-refractivity contribution in [3.8, 4) is 0 Å². The number of fused-ring (bicyclic) bond motifs is 1. The normalized spacial score (nSPS) is 19.8. The summed E-state index contributed by atoms with van der Waals surface area (Å²) in [6.07, 6.45) is -2.86. The molecule has 1 N–H and O–H groups in total. The van der Waals surface area contributed by atoms with Crippen molar-refractivity contribution >= 4 is 41.1 Å². The highest BCUT2D eigenvalue weighted by atomic mass is 16.7. The van der Waals surface area contributed by atoms with Crippen molar-refractivity contribution in [1.29, 1.82) is 0 Å². The monoisotopic (exact) mass is 655 g/mol. The van der Waals surface area contributed by atoms with Gasteiger partial charge in [-0.15, -0.1) is 0 Å². The number of nitrogens with one attached hydrogen (secondary N) is 1. The Bertz CT molecular complexity index is 1600. The summed E-state index contributed by atoms with van der Waals surface area (Å²) in [5.41, 5.74) is 0.623. The zero-order chi connectivity index (χ0) is 34.3. The third-order valence-corrected chi connectivity index (χ3v) is 6.65. The Morgan fingerprint density at radius 2 is 1.60 bits per heavy atom. The molecule has 5 atom stereocenters. The Morgan fingerprint density at radius 1 is 0.915 bits per heavy atom. The highest BCUT2D eigenvalue weighted by molar-refractivity contribution is 5.83. The quantitative estimate of drug-likeness (QED) is 0.233. The van der Waals surface area contributed by atoms with Crippen LogP contribution in [-0.4, -0.2) is 86.1 Å². The SMILES string of the molecule is CC(=O)OC[C@H]1O[C@@H](n2cnc3c(C[C@@H](NC(=O)OC(C)(C)C)C(=O)OCc4ccccc4)ncnc32)[C@H](OC(C)=O)[C@@H]1OC(C)=O. The van der Waals surface area contributed by atoms with Crippen molar-refractivity contribution < 1.29 is 52.4 Å². The van der Waals surface area contributed by atoms with Gasteiger partial charge in [0, 0.05) is 27.2 Å². The van der Waals surface area contributed by atoms with Gasteiger partial charge in [-0.1, -0.05) is 30.3 Å². The molecule has 0 saturated carbocycles. The number of nitrogens with zero attached hydrogens (tertiary/aromatic N) is 4. The van der Waals surface area contributed by atoms with Gasteiger partial charge >= 0.3 is 30.0 Å². The predicted octanol–water partition coefficient (Wildman–Crippen LogP) is 2.33. The summed E-state index contributed by atoms with van der Waals surface area (Å²) in [6.45, 7) is 8.31. The molecule has 2 aromatic heterocycles. The Kier molecular flexibility index (Phi) is 11.1. The van der Waals surface area contributed by atoms with Gasteiger partial charge in [-0.05, 0) is 26.3 Å². The minimum atomic E-state index is -1.23. The van der Waals surface area contributed by atoms with Gasteiger partial charge in [-0.2, -0.15) is 0 Å². The first-order chi connectivity index (χ1) is 22.2. The number of esters is 4. The molecule has 3 aromatic rings. The van der Waals surface area contributed by atoms with Gasteiger partial charge in [0.05, 0.1) is 12.0 Å². The third-order valence-electron chi connectivity index (χ3n) is 6.65. The van der Waals surface area contributed by atoms with E-state index in [1.54, 1.807) is 45.0 Å². The van der Waals surface area contributed by atoms with E-state index in [0.717, 1.165) is 5.56 Å². The third kappa shape index (κ3) is 9.45. The topological polar surface area (TPSA) is 196 Å². The molecule has 0 bridgehead atoms. The fraction of sp³-hybridized carbons (Fsp3) is 0.484. The van der Waals surface area contributed by atoms with Gasteiger partial charge in [0.15, 0.2) is 24.1 Å². The van der Waals surface area contributed by atoms with Crippen LogP contribution in [0.2, 0.25) is 0 Å². The van der Waals surface area contributed by atoms with Crippen molar-refractivity contribution in [3.05, 3.63) is 54.2 Å². The zero-order valence-electron chi connectivity index (χ0n) is 26.8. The molecular formula is C31H37N5O11. The van der Waals surface area contributed by atoms with E-state index < -0.39 is 66.2 Å². The standard InChI is InChI=1S/C31H37N5O11/c1-17(37)42-14-23-25(44-18(2)38)26(45-19(3)39)28(46-23)36-16-34-24-21(32-15-33-27(24)36)12-22(35-30(41)47-31(4,5)6)29(40)43-13-20-10-8-7-9-11-20/h7-11,15-16,22-23,25-26,28H,12-14H2,1-6H3,(H,35,41)/t22-,23-,25-,26-,28-/m1/s1. The number of benzene rings is 1. The van der Waals surface area contributed by atoms with E-state index in [1.165, 1.54) is 38.0 Å². The van der Waals surface area contributed by atoms with Crippen LogP contribution in [-0.2, 0) is 60.6 Å². The van der Waals surface area contributed by atoms with E-state index in [1.807, 2.05) is 6.07 Å². The Morgan fingerprint density at radius 3 is 2.23 bits per heavy atom. The molecule has 1 amide bonds.